The molecule has 0 aliphatic carbocycles. The van der Waals surface area contributed by atoms with Crippen molar-refractivity contribution in [1.29, 1.82) is 0 Å². The molecule has 102 valence electrons. The van der Waals surface area contributed by atoms with Crippen molar-refractivity contribution >= 4 is 10.8 Å². The monoisotopic (exact) mass is 265 g/mol. The van der Waals surface area contributed by atoms with Crippen LogP contribution in [0.1, 0.15) is 17.1 Å². The molecule has 0 atom stereocenters. The molecule has 1 aromatic heterocycles. The fourth-order valence-corrected chi connectivity index (χ4v) is 2.65. The Balaban J connectivity index is 2.03. The first kappa shape index (κ1) is 12.9. The fraction of sp³-hybridized carbons (Fsp3) is 0.235. The van der Waals surface area contributed by atoms with E-state index in [1.165, 1.54) is 22.0 Å². The highest BCUT2D eigenvalue weighted by Crippen LogP contribution is 2.20. The highest BCUT2D eigenvalue weighted by Gasteiger charge is 2.08. The van der Waals surface area contributed by atoms with Crippen molar-refractivity contribution in [2.45, 2.75) is 20.0 Å². The summed E-state index contributed by atoms with van der Waals surface area (Å²) >= 11 is 0. The second-order valence-electron chi connectivity index (χ2n) is 5.05. The van der Waals surface area contributed by atoms with Crippen LogP contribution in [0.25, 0.3) is 10.8 Å². The molecule has 3 rings (SSSR count). The van der Waals surface area contributed by atoms with Gasteiger partial charge in [-0.1, -0.05) is 42.5 Å². The van der Waals surface area contributed by atoms with Crippen molar-refractivity contribution in [2.75, 3.05) is 7.05 Å². The van der Waals surface area contributed by atoms with Gasteiger partial charge in [-0.15, -0.1) is 0 Å². The van der Waals surface area contributed by atoms with E-state index in [4.69, 9.17) is 0 Å². The normalized spacial score (nSPS) is 11.1. The van der Waals surface area contributed by atoms with E-state index in [2.05, 4.69) is 64.3 Å². The van der Waals surface area contributed by atoms with Crippen LogP contribution < -0.4 is 5.32 Å². The van der Waals surface area contributed by atoms with Crippen molar-refractivity contribution in [2.24, 2.45) is 0 Å². The molecule has 0 spiro atoms. The number of rotatable bonds is 4. The van der Waals surface area contributed by atoms with Gasteiger partial charge in [-0.05, 0) is 30.3 Å². The molecule has 20 heavy (non-hydrogen) atoms. The third kappa shape index (κ3) is 2.32. The zero-order chi connectivity index (χ0) is 13.9. The molecule has 0 radical (unpaired) electrons. The van der Waals surface area contributed by atoms with Crippen LogP contribution in [0.15, 0.2) is 48.7 Å². The molecular weight excluding hydrogens is 246 g/mol. The SMILES string of the molecule is CNCc1cnc(C)n1Cc1cccc2ccccc12. The molecule has 0 saturated heterocycles. The van der Waals surface area contributed by atoms with Crippen LogP contribution in [0.4, 0.5) is 0 Å². The maximum Gasteiger partial charge on any atom is 0.106 e. The van der Waals surface area contributed by atoms with E-state index in [9.17, 15) is 0 Å². The first-order chi connectivity index (χ1) is 9.79. The van der Waals surface area contributed by atoms with Gasteiger partial charge < -0.3 is 9.88 Å². The number of aromatic nitrogens is 2. The summed E-state index contributed by atoms with van der Waals surface area (Å²) in [6.45, 7) is 3.76. The number of fused-ring (bicyclic) bond motifs is 1. The van der Waals surface area contributed by atoms with E-state index in [0.717, 1.165) is 18.9 Å². The first-order valence-corrected chi connectivity index (χ1v) is 6.92. The zero-order valence-electron chi connectivity index (χ0n) is 11.9. The summed E-state index contributed by atoms with van der Waals surface area (Å²) in [6, 6.07) is 15.0. The lowest BCUT2D eigenvalue weighted by molar-refractivity contribution is 0.678. The molecule has 1 heterocycles. The largest absolute Gasteiger partial charge is 0.327 e. The Bertz CT molecular complexity index is 723. The average molecular weight is 265 g/mol. The van der Waals surface area contributed by atoms with Gasteiger partial charge in [0.1, 0.15) is 5.82 Å². The Hall–Kier alpha value is -2.13. The average Bonchev–Trinajstić information content (AvgIpc) is 2.81. The van der Waals surface area contributed by atoms with Gasteiger partial charge in [0, 0.05) is 19.3 Å². The first-order valence-electron chi connectivity index (χ1n) is 6.92. The minimum Gasteiger partial charge on any atom is -0.327 e. The maximum atomic E-state index is 4.43. The molecule has 3 heteroatoms. The van der Waals surface area contributed by atoms with Crippen LogP contribution in [-0.4, -0.2) is 16.6 Å². The highest BCUT2D eigenvalue weighted by atomic mass is 15.1. The van der Waals surface area contributed by atoms with Crippen LogP contribution in [0.5, 0.6) is 0 Å². The van der Waals surface area contributed by atoms with Crippen LogP contribution in [0.2, 0.25) is 0 Å². The van der Waals surface area contributed by atoms with E-state index in [1.54, 1.807) is 0 Å². The summed E-state index contributed by atoms with van der Waals surface area (Å²) in [5.41, 5.74) is 2.56. The molecule has 0 aliphatic rings. The Morgan fingerprint density at radius 1 is 1.10 bits per heavy atom. The molecule has 0 aliphatic heterocycles. The minimum atomic E-state index is 0.839. The standard InChI is InChI=1S/C17H19N3/c1-13-19-11-16(10-18-2)20(13)12-15-8-5-7-14-6-3-4-9-17(14)15/h3-9,11,18H,10,12H2,1-2H3. The molecule has 0 amide bonds. The van der Waals surface area contributed by atoms with Crippen molar-refractivity contribution in [3.8, 4) is 0 Å². The molecule has 3 aromatic rings. The van der Waals surface area contributed by atoms with Crippen molar-refractivity contribution in [3.05, 3.63) is 65.7 Å². The number of nitrogens with zero attached hydrogens (tertiary/aromatic N) is 2. The number of imidazole rings is 1. The van der Waals surface area contributed by atoms with E-state index in [-0.39, 0.29) is 0 Å². The summed E-state index contributed by atoms with van der Waals surface area (Å²) in [5, 5.41) is 5.81. The quantitative estimate of drug-likeness (QED) is 0.785. The summed E-state index contributed by atoms with van der Waals surface area (Å²) in [7, 11) is 1.96. The molecule has 1 N–H and O–H groups in total. The molecule has 3 nitrogen and oxygen atoms in total. The topological polar surface area (TPSA) is 29.9 Å². The van der Waals surface area contributed by atoms with Crippen LogP contribution in [0, 0.1) is 6.92 Å². The van der Waals surface area contributed by atoms with Crippen LogP contribution in [-0.2, 0) is 13.1 Å². The van der Waals surface area contributed by atoms with Crippen LogP contribution in [0.3, 0.4) is 0 Å². The van der Waals surface area contributed by atoms with Gasteiger partial charge in [0.15, 0.2) is 0 Å². The third-order valence-electron chi connectivity index (χ3n) is 3.70. The minimum absolute atomic E-state index is 0.839. The van der Waals surface area contributed by atoms with Gasteiger partial charge in [0.2, 0.25) is 0 Å². The number of hydrogen-bond acceptors (Lipinski definition) is 2. The summed E-state index contributed by atoms with van der Waals surface area (Å²) in [4.78, 5) is 4.43. The Labute approximate surface area is 119 Å². The maximum absolute atomic E-state index is 4.43. The van der Waals surface area contributed by atoms with Gasteiger partial charge >= 0.3 is 0 Å². The van der Waals surface area contributed by atoms with Gasteiger partial charge in [-0.25, -0.2) is 4.98 Å². The summed E-state index contributed by atoms with van der Waals surface area (Å²) in [5.74, 6) is 1.06. The molecule has 0 bridgehead atoms. The second kappa shape index (κ2) is 5.47. The second-order valence-corrected chi connectivity index (χ2v) is 5.05. The van der Waals surface area contributed by atoms with Crippen molar-refractivity contribution in [1.82, 2.24) is 14.9 Å². The van der Waals surface area contributed by atoms with Crippen molar-refractivity contribution in [3.63, 3.8) is 0 Å². The summed E-state index contributed by atoms with van der Waals surface area (Å²) in [6.07, 6.45) is 1.96. The molecular formula is C17H19N3. The van der Waals surface area contributed by atoms with Gasteiger partial charge in [-0.2, -0.15) is 0 Å². The number of nitrogens with one attached hydrogen (secondary N) is 1. The van der Waals surface area contributed by atoms with Crippen molar-refractivity contribution < 1.29 is 0 Å². The lowest BCUT2D eigenvalue weighted by Gasteiger charge is -2.12. The Morgan fingerprint density at radius 3 is 2.75 bits per heavy atom. The predicted molar refractivity (Wildman–Crippen MR) is 82.8 cm³/mol. The van der Waals surface area contributed by atoms with Gasteiger partial charge in [0.25, 0.3) is 0 Å². The van der Waals surface area contributed by atoms with Gasteiger partial charge in [-0.3, -0.25) is 0 Å². The molecule has 2 aromatic carbocycles. The van der Waals surface area contributed by atoms with E-state index >= 15 is 0 Å². The molecule has 0 saturated carbocycles. The smallest absolute Gasteiger partial charge is 0.106 e. The number of hydrogen-bond donors (Lipinski definition) is 1. The lowest BCUT2D eigenvalue weighted by atomic mass is 10.0. The zero-order valence-corrected chi connectivity index (χ0v) is 11.9. The molecule has 0 unspecified atom stereocenters. The third-order valence-corrected chi connectivity index (χ3v) is 3.70. The highest BCUT2D eigenvalue weighted by molar-refractivity contribution is 5.85. The van der Waals surface area contributed by atoms with E-state index in [0.29, 0.717) is 0 Å². The van der Waals surface area contributed by atoms with E-state index < -0.39 is 0 Å². The fourth-order valence-electron chi connectivity index (χ4n) is 2.65. The van der Waals surface area contributed by atoms with Gasteiger partial charge in [0.05, 0.1) is 5.69 Å². The molecule has 0 fully saturated rings. The van der Waals surface area contributed by atoms with Crippen LogP contribution >= 0.6 is 0 Å². The predicted octanol–water partition coefficient (Wildman–Crippen LogP) is 3.11. The number of aryl methyl sites for hydroxylation is 1. The lowest BCUT2D eigenvalue weighted by Crippen LogP contribution is -2.13. The summed E-state index contributed by atoms with van der Waals surface area (Å²) < 4.78 is 2.28. The Kier molecular flexibility index (Phi) is 3.52. The Morgan fingerprint density at radius 2 is 1.90 bits per heavy atom. The number of benzene rings is 2. The van der Waals surface area contributed by atoms with E-state index in [1.807, 2.05) is 13.2 Å².